The summed E-state index contributed by atoms with van der Waals surface area (Å²) in [5, 5.41) is 11.1. The topological polar surface area (TPSA) is 12.9 Å². The van der Waals surface area contributed by atoms with Crippen LogP contribution in [0.2, 0.25) is 0 Å². The van der Waals surface area contributed by atoms with Gasteiger partial charge in [0.15, 0.2) is 8.07 Å². The zero-order valence-electron chi connectivity index (χ0n) is 19.0. The van der Waals surface area contributed by atoms with E-state index in [4.69, 9.17) is 0 Å². The number of nitrogens with zero attached hydrogens (tertiary/aromatic N) is 1. The lowest BCUT2D eigenvalue weighted by molar-refractivity contribution is 1.37. The van der Waals surface area contributed by atoms with Gasteiger partial charge in [0.05, 0.1) is 0 Å². The molecule has 0 spiro atoms. The molecule has 1 aliphatic heterocycles. The van der Waals surface area contributed by atoms with Crippen LogP contribution in [-0.4, -0.2) is 13.1 Å². The van der Waals surface area contributed by atoms with E-state index in [9.17, 15) is 0 Å². The molecular weight excluding hydrogens is 426 g/mol. The van der Waals surface area contributed by atoms with Gasteiger partial charge in [-0.1, -0.05) is 109 Å². The molecule has 0 aliphatic carbocycles. The minimum atomic E-state index is -2.56. The highest BCUT2D eigenvalue weighted by molar-refractivity contribution is 7.23. The highest BCUT2D eigenvalue weighted by Gasteiger charge is 2.50. The monoisotopic (exact) mass is 449 g/mol. The zero-order chi connectivity index (χ0) is 22.7. The summed E-state index contributed by atoms with van der Waals surface area (Å²) in [4.78, 5) is 4.52. The standard InChI is InChI=1S/C32H23NSi/c1-22-16-17-28-30(20-22)34(23-10-4-2-5-11-23,24-12-6-3-7-13-24)32-27-15-9-8-14-25(27)29-21-33-19-18-26(29)31(28)32/h2-21H,1H3. The molecule has 0 saturated carbocycles. The molecule has 34 heavy (non-hydrogen) atoms. The van der Waals surface area contributed by atoms with E-state index in [-0.39, 0.29) is 0 Å². The summed E-state index contributed by atoms with van der Waals surface area (Å²) in [7, 11) is -2.56. The van der Waals surface area contributed by atoms with Crippen molar-refractivity contribution in [2.24, 2.45) is 0 Å². The fourth-order valence-corrected chi connectivity index (χ4v) is 11.7. The quantitative estimate of drug-likeness (QED) is 0.266. The van der Waals surface area contributed by atoms with Gasteiger partial charge in [0.1, 0.15) is 0 Å². The van der Waals surface area contributed by atoms with Gasteiger partial charge in [-0.2, -0.15) is 0 Å². The molecule has 2 heteroatoms. The van der Waals surface area contributed by atoms with Crippen LogP contribution in [0.5, 0.6) is 0 Å². The first kappa shape index (κ1) is 19.5. The van der Waals surface area contributed by atoms with Crippen LogP contribution >= 0.6 is 0 Å². The lowest BCUT2D eigenvalue weighted by atomic mass is 9.94. The zero-order valence-corrected chi connectivity index (χ0v) is 20.0. The number of benzene rings is 5. The van der Waals surface area contributed by atoms with E-state index >= 15 is 0 Å². The lowest BCUT2D eigenvalue weighted by Gasteiger charge is -2.32. The molecule has 6 aromatic rings. The maximum atomic E-state index is 4.52. The van der Waals surface area contributed by atoms with Gasteiger partial charge in [0.25, 0.3) is 0 Å². The van der Waals surface area contributed by atoms with Crippen molar-refractivity contribution in [2.75, 3.05) is 0 Å². The summed E-state index contributed by atoms with van der Waals surface area (Å²) >= 11 is 0. The van der Waals surface area contributed by atoms with E-state index in [1.54, 1.807) is 0 Å². The van der Waals surface area contributed by atoms with Gasteiger partial charge in [-0.3, -0.25) is 4.98 Å². The van der Waals surface area contributed by atoms with Crippen LogP contribution in [0, 0.1) is 6.92 Å². The minimum Gasteiger partial charge on any atom is -0.264 e. The second-order valence-corrected chi connectivity index (χ2v) is 12.9. The molecule has 5 aromatic carbocycles. The molecule has 0 amide bonds. The number of aryl methyl sites for hydroxylation is 1. The van der Waals surface area contributed by atoms with E-state index in [2.05, 4.69) is 121 Å². The van der Waals surface area contributed by atoms with Crippen LogP contribution in [0.15, 0.2) is 122 Å². The normalized spacial score (nSPS) is 13.7. The molecule has 0 atom stereocenters. The molecule has 0 fully saturated rings. The number of rotatable bonds is 2. The summed E-state index contributed by atoms with van der Waals surface area (Å²) in [5.41, 5.74) is 4.08. The first-order valence-electron chi connectivity index (χ1n) is 11.8. The molecule has 1 aromatic heterocycles. The van der Waals surface area contributed by atoms with Crippen LogP contribution < -0.4 is 20.7 Å². The van der Waals surface area contributed by atoms with Crippen molar-refractivity contribution in [2.45, 2.75) is 6.92 Å². The SMILES string of the molecule is Cc1ccc2c(c1)[Si](c1ccccc1)(c1ccccc1)c1c-2c2ccncc2c2ccccc12. The number of aromatic nitrogens is 1. The smallest absolute Gasteiger partial charge is 0.181 e. The molecule has 7 rings (SSSR count). The van der Waals surface area contributed by atoms with E-state index < -0.39 is 8.07 Å². The molecule has 160 valence electrons. The van der Waals surface area contributed by atoms with Crippen LogP contribution in [0.3, 0.4) is 0 Å². The average Bonchev–Trinajstić information content (AvgIpc) is 3.21. The predicted octanol–water partition coefficient (Wildman–Crippen LogP) is 5.05. The second-order valence-electron chi connectivity index (χ2n) is 9.25. The second kappa shape index (κ2) is 7.24. The summed E-state index contributed by atoms with van der Waals surface area (Å²) in [6, 6.07) is 40.7. The molecular formula is C32H23NSi. The van der Waals surface area contributed by atoms with Gasteiger partial charge in [-0.05, 0) is 61.0 Å². The van der Waals surface area contributed by atoms with E-state index in [0.717, 1.165) is 0 Å². The maximum Gasteiger partial charge on any atom is 0.181 e. The van der Waals surface area contributed by atoms with Crippen molar-refractivity contribution in [3.63, 3.8) is 0 Å². The molecule has 0 bridgehead atoms. The van der Waals surface area contributed by atoms with Crippen LogP contribution in [-0.2, 0) is 0 Å². The molecule has 0 unspecified atom stereocenters. The highest BCUT2D eigenvalue weighted by atomic mass is 28.3. The van der Waals surface area contributed by atoms with Crippen LogP contribution in [0.4, 0.5) is 0 Å². The lowest BCUT2D eigenvalue weighted by Crippen LogP contribution is -2.73. The van der Waals surface area contributed by atoms with Crippen molar-refractivity contribution in [3.8, 4) is 11.1 Å². The van der Waals surface area contributed by atoms with Crippen molar-refractivity contribution in [3.05, 3.63) is 127 Å². The summed E-state index contributed by atoms with van der Waals surface area (Å²) in [6.45, 7) is 2.22. The van der Waals surface area contributed by atoms with Crippen LogP contribution in [0.25, 0.3) is 32.7 Å². The number of fused-ring (bicyclic) bond motifs is 8. The highest BCUT2D eigenvalue weighted by Crippen LogP contribution is 2.39. The molecule has 0 radical (unpaired) electrons. The fourth-order valence-electron chi connectivity index (χ4n) is 6.17. The van der Waals surface area contributed by atoms with Crippen molar-refractivity contribution < 1.29 is 0 Å². The third-order valence-corrected chi connectivity index (χ3v) is 12.4. The third kappa shape index (κ3) is 2.46. The van der Waals surface area contributed by atoms with Crippen LogP contribution in [0.1, 0.15) is 5.56 Å². The Kier molecular flexibility index (Phi) is 4.14. The van der Waals surface area contributed by atoms with E-state index in [1.807, 2.05) is 12.4 Å². The first-order valence-corrected chi connectivity index (χ1v) is 13.8. The van der Waals surface area contributed by atoms with Crippen molar-refractivity contribution >= 4 is 50.4 Å². The van der Waals surface area contributed by atoms with Gasteiger partial charge in [0, 0.05) is 17.8 Å². The molecule has 0 saturated heterocycles. The Balaban J connectivity index is 1.82. The largest absolute Gasteiger partial charge is 0.264 e. The average molecular weight is 450 g/mol. The Morgan fingerprint density at radius 3 is 1.94 bits per heavy atom. The summed E-state index contributed by atoms with van der Waals surface area (Å²) in [6.07, 6.45) is 3.98. The summed E-state index contributed by atoms with van der Waals surface area (Å²) < 4.78 is 0. The predicted molar refractivity (Wildman–Crippen MR) is 147 cm³/mol. The Morgan fingerprint density at radius 2 is 1.24 bits per heavy atom. The van der Waals surface area contributed by atoms with Gasteiger partial charge < -0.3 is 0 Å². The summed E-state index contributed by atoms with van der Waals surface area (Å²) in [5.74, 6) is 0. The third-order valence-electron chi connectivity index (χ3n) is 7.46. The Morgan fingerprint density at radius 1 is 0.588 bits per heavy atom. The maximum absolute atomic E-state index is 4.52. The van der Waals surface area contributed by atoms with E-state index in [0.29, 0.717) is 0 Å². The molecule has 1 aliphatic rings. The van der Waals surface area contributed by atoms with Gasteiger partial charge >= 0.3 is 0 Å². The Hall–Kier alpha value is -4.01. The van der Waals surface area contributed by atoms with Crippen molar-refractivity contribution in [1.82, 2.24) is 4.98 Å². The number of hydrogen-bond acceptors (Lipinski definition) is 1. The molecule has 0 N–H and O–H groups in total. The molecule has 1 nitrogen and oxygen atoms in total. The van der Waals surface area contributed by atoms with E-state index in [1.165, 1.54) is 59.0 Å². The van der Waals surface area contributed by atoms with Gasteiger partial charge in [0.2, 0.25) is 0 Å². The Bertz CT molecular complexity index is 1670. The van der Waals surface area contributed by atoms with Crippen molar-refractivity contribution in [1.29, 1.82) is 0 Å². The fraction of sp³-hybridized carbons (Fsp3) is 0.0312. The number of hydrogen-bond donors (Lipinski definition) is 0. The Labute approximate surface area is 200 Å². The number of pyridine rings is 1. The molecule has 2 heterocycles. The van der Waals surface area contributed by atoms with Gasteiger partial charge in [-0.15, -0.1) is 0 Å². The minimum absolute atomic E-state index is 1.23. The van der Waals surface area contributed by atoms with Gasteiger partial charge in [-0.25, -0.2) is 0 Å². The first-order chi connectivity index (χ1) is 16.8.